The molecule has 2 aromatic rings. The Hall–Kier alpha value is -1.82. The first-order valence-electron chi connectivity index (χ1n) is 10.4. The smallest absolute Gasteiger partial charge is 0.255 e. The van der Waals surface area contributed by atoms with Crippen molar-refractivity contribution in [3.8, 4) is 0 Å². The third-order valence-corrected chi connectivity index (χ3v) is 6.86. The van der Waals surface area contributed by atoms with Gasteiger partial charge in [0.15, 0.2) is 0 Å². The Bertz CT molecular complexity index is 846. The van der Waals surface area contributed by atoms with Crippen LogP contribution in [0.1, 0.15) is 52.7 Å². The first-order chi connectivity index (χ1) is 13.7. The van der Waals surface area contributed by atoms with Crippen LogP contribution in [0.2, 0.25) is 0 Å². The fourth-order valence-corrected chi connectivity index (χ4v) is 5.17. The van der Waals surface area contributed by atoms with Crippen LogP contribution in [0.25, 0.3) is 0 Å². The molecule has 1 amide bonds. The molecule has 1 aliphatic carbocycles. The fourth-order valence-electron chi connectivity index (χ4n) is 4.15. The number of fused-ring (bicyclic) bond motifs is 1. The highest BCUT2D eigenvalue weighted by Crippen LogP contribution is 2.35. The van der Waals surface area contributed by atoms with Crippen molar-refractivity contribution in [2.45, 2.75) is 56.4 Å². The lowest BCUT2D eigenvalue weighted by Crippen LogP contribution is -2.37. The van der Waals surface area contributed by atoms with Gasteiger partial charge in [-0.3, -0.25) is 9.52 Å². The van der Waals surface area contributed by atoms with Crippen LogP contribution in [-0.2, 0) is 12.8 Å². The number of piperidine rings is 1. The topological polar surface area (TPSA) is 53.2 Å². The van der Waals surface area contributed by atoms with Crippen molar-refractivity contribution >= 4 is 23.5 Å². The standard InChI is InChI=1S/C23H29N3OS/c1-16-6-2-3-7-18(16)23(27)25-21-10-11-22(20-9-5-4-8-19(20)21)28-26-17-12-14-24-15-13-17/h2-3,6-7,10-11,17,24,26H,4-5,8-9,12-15H2,1H3,(H,25,27). The molecule has 4 rings (SSSR count). The minimum absolute atomic E-state index is 0.0147. The Morgan fingerprint density at radius 2 is 1.79 bits per heavy atom. The summed E-state index contributed by atoms with van der Waals surface area (Å²) in [5, 5.41) is 6.60. The highest BCUT2D eigenvalue weighted by atomic mass is 32.2. The molecule has 28 heavy (non-hydrogen) atoms. The average Bonchev–Trinajstić information content (AvgIpc) is 2.74. The van der Waals surface area contributed by atoms with Crippen LogP contribution in [-0.4, -0.2) is 25.0 Å². The Morgan fingerprint density at radius 1 is 1.04 bits per heavy atom. The number of rotatable bonds is 5. The second kappa shape index (κ2) is 9.12. The number of amides is 1. The maximum absolute atomic E-state index is 12.8. The van der Waals surface area contributed by atoms with Crippen molar-refractivity contribution < 1.29 is 4.79 Å². The lowest BCUT2D eigenvalue weighted by molar-refractivity contribution is 0.102. The molecule has 1 aliphatic heterocycles. The highest BCUT2D eigenvalue weighted by Gasteiger charge is 2.20. The number of aryl methyl sites for hydroxylation is 1. The van der Waals surface area contributed by atoms with E-state index >= 15 is 0 Å². The van der Waals surface area contributed by atoms with Gasteiger partial charge in [-0.2, -0.15) is 0 Å². The summed E-state index contributed by atoms with van der Waals surface area (Å²) >= 11 is 1.78. The molecule has 148 valence electrons. The predicted molar refractivity (Wildman–Crippen MR) is 117 cm³/mol. The minimum Gasteiger partial charge on any atom is -0.322 e. The molecule has 1 heterocycles. The van der Waals surface area contributed by atoms with Gasteiger partial charge in [0.2, 0.25) is 0 Å². The Labute approximate surface area is 172 Å². The van der Waals surface area contributed by atoms with Gasteiger partial charge in [-0.05, 0) is 105 Å². The fraction of sp³-hybridized carbons (Fsp3) is 0.435. The number of nitrogens with one attached hydrogen (secondary N) is 3. The third-order valence-electron chi connectivity index (χ3n) is 5.80. The van der Waals surface area contributed by atoms with Crippen molar-refractivity contribution in [3.05, 3.63) is 58.7 Å². The first-order valence-corrected chi connectivity index (χ1v) is 11.2. The van der Waals surface area contributed by atoms with E-state index < -0.39 is 0 Å². The molecule has 2 aromatic carbocycles. The van der Waals surface area contributed by atoms with Gasteiger partial charge in [0.25, 0.3) is 5.91 Å². The van der Waals surface area contributed by atoms with Crippen molar-refractivity contribution in [1.82, 2.24) is 10.0 Å². The van der Waals surface area contributed by atoms with Crippen LogP contribution >= 0.6 is 11.9 Å². The van der Waals surface area contributed by atoms with Gasteiger partial charge in [0, 0.05) is 22.2 Å². The van der Waals surface area contributed by atoms with Crippen LogP contribution in [0, 0.1) is 6.92 Å². The number of benzene rings is 2. The molecule has 3 N–H and O–H groups in total. The quantitative estimate of drug-likeness (QED) is 0.654. The van der Waals surface area contributed by atoms with Crippen LogP contribution < -0.4 is 15.4 Å². The van der Waals surface area contributed by atoms with E-state index in [2.05, 4.69) is 27.5 Å². The number of hydrogen-bond donors (Lipinski definition) is 3. The molecule has 5 heteroatoms. The normalized spacial score (nSPS) is 17.2. The molecule has 0 aromatic heterocycles. The largest absolute Gasteiger partial charge is 0.322 e. The summed E-state index contributed by atoms with van der Waals surface area (Å²) in [5.41, 5.74) is 5.48. The summed E-state index contributed by atoms with van der Waals surface area (Å²) in [5.74, 6) is -0.0147. The summed E-state index contributed by atoms with van der Waals surface area (Å²) in [6.07, 6.45) is 6.92. The summed E-state index contributed by atoms with van der Waals surface area (Å²) in [4.78, 5) is 14.1. The summed E-state index contributed by atoms with van der Waals surface area (Å²) in [6, 6.07) is 12.6. The van der Waals surface area contributed by atoms with E-state index in [9.17, 15) is 4.79 Å². The Balaban J connectivity index is 1.52. The highest BCUT2D eigenvalue weighted by molar-refractivity contribution is 7.97. The van der Waals surface area contributed by atoms with Gasteiger partial charge in [-0.15, -0.1) is 0 Å². The molecule has 0 radical (unpaired) electrons. The van der Waals surface area contributed by atoms with E-state index in [1.54, 1.807) is 11.9 Å². The van der Waals surface area contributed by atoms with E-state index in [-0.39, 0.29) is 5.91 Å². The monoisotopic (exact) mass is 395 g/mol. The zero-order valence-electron chi connectivity index (χ0n) is 16.5. The second-order valence-electron chi connectivity index (χ2n) is 7.79. The van der Waals surface area contributed by atoms with Crippen molar-refractivity contribution in [1.29, 1.82) is 0 Å². The SMILES string of the molecule is Cc1ccccc1C(=O)Nc1ccc(SNC2CCNCC2)c2c1CCCC2. The number of hydrogen-bond acceptors (Lipinski definition) is 4. The van der Waals surface area contributed by atoms with Crippen molar-refractivity contribution in [2.75, 3.05) is 18.4 Å². The lowest BCUT2D eigenvalue weighted by Gasteiger charge is -2.26. The van der Waals surface area contributed by atoms with E-state index in [4.69, 9.17) is 0 Å². The van der Waals surface area contributed by atoms with E-state index in [1.165, 1.54) is 41.7 Å². The third kappa shape index (κ3) is 4.43. The molecule has 0 bridgehead atoms. The molecule has 0 spiro atoms. The zero-order chi connectivity index (χ0) is 19.3. The van der Waals surface area contributed by atoms with Crippen molar-refractivity contribution in [3.63, 3.8) is 0 Å². The molecule has 4 nitrogen and oxygen atoms in total. The predicted octanol–water partition coefficient (Wildman–Crippen LogP) is 4.47. The molecule has 1 saturated heterocycles. The molecule has 1 fully saturated rings. The van der Waals surface area contributed by atoms with Crippen LogP contribution in [0.15, 0.2) is 41.3 Å². The molecular formula is C23H29N3OS. The van der Waals surface area contributed by atoms with Gasteiger partial charge in [-0.1, -0.05) is 18.2 Å². The molecule has 2 aliphatic rings. The summed E-state index contributed by atoms with van der Waals surface area (Å²) < 4.78 is 3.67. The summed E-state index contributed by atoms with van der Waals surface area (Å²) in [6.45, 7) is 4.18. The van der Waals surface area contributed by atoms with Crippen LogP contribution in [0.3, 0.4) is 0 Å². The maximum atomic E-state index is 12.8. The number of carbonyl (C=O) groups is 1. The second-order valence-corrected chi connectivity index (χ2v) is 8.67. The molecular weight excluding hydrogens is 366 g/mol. The number of carbonyl (C=O) groups excluding carboxylic acids is 1. The molecule has 0 atom stereocenters. The average molecular weight is 396 g/mol. The first kappa shape index (κ1) is 19.5. The zero-order valence-corrected chi connectivity index (χ0v) is 17.3. The minimum atomic E-state index is -0.0147. The maximum Gasteiger partial charge on any atom is 0.255 e. The molecule has 0 saturated carbocycles. The number of anilines is 1. The van der Waals surface area contributed by atoms with Gasteiger partial charge < -0.3 is 10.6 Å². The van der Waals surface area contributed by atoms with Gasteiger partial charge in [-0.25, -0.2) is 0 Å². The van der Waals surface area contributed by atoms with E-state index in [0.29, 0.717) is 6.04 Å². The van der Waals surface area contributed by atoms with E-state index in [0.717, 1.165) is 42.7 Å². The Kier molecular flexibility index (Phi) is 6.35. The van der Waals surface area contributed by atoms with Crippen LogP contribution in [0.4, 0.5) is 5.69 Å². The summed E-state index contributed by atoms with van der Waals surface area (Å²) in [7, 11) is 0. The van der Waals surface area contributed by atoms with Crippen molar-refractivity contribution in [2.24, 2.45) is 0 Å². The van der Waals surface area contributed by atoms with Gasteiger partial charge >= 0.3 is 0 Å². The van der Waals surface area contributed by atoms with Gasteiger partial charge in [0.1, 0.15) is 0 Å². The van der Waals surface area contributed by atoms with E-state index in [1.807, 2.05) is 31.2 Å². The Morgan fingerprint density at radius 3 is 2.57 bits per heavy atom. The van der Waals surface area contributed by atoms with Crippen LogP contribution in [0.5, 0.6) is 0 Å². The molecule has 0 unspecified atom stereocenters. The van der Waals surface area contributed by atoms with Gasteiger partial charge in [0.05, 0.1) is 0 Å². The lowest BCUT2D eigenvalue weighted by atomic mass is 9.90.